The first-order valence-electron chi connectivity index (χ1n) is 10.3. The Bertz CT molecular complexity index is 852. The van der Waals surface area contributed by atoms with Crippen LogP contribution in [0.15, 0.2) is 29.3 Å². The number of nitrogens with two attached hydrogens (primary N) is 1. The van der Waals surface area contributed by atoms with Gasteiger partial charge in [0.25, 0.3) is 0 Å². The Morgan fingerprint density at radius 2 is 1.75 bits per heavy atom. The second-order valence-electron chi connectivity index (χ2n) is 8.15. The molecule has 5 N–H and O–H groups in total. The predicted octanol–water partition coefficient (Wildman–Crippen LogP) is 1.68. The Hall–Kier alpha value is -2.88. The van der Waals surface area contributed by atoms with E-state index in [4.69, 9.17) is 11.1 Å². The number of nitrogens with one attached hydrogen (secondary N) is 3. The van der Waals surface area contributed by atoms with E-state index in [-0.39, 0.29) is 28.7 Å². The molecule has 1 rings (SSSR count). The number of thioether (sulfide) groups is 1. The molecule has 0 heterocycles. The summed E-state index contributed by atoms with van der Waals surface area (Å²) < 4.78 is 0. The highest BCUT2D eigenvalue weighted by molar-refractivity contribution is 8.13. The van der Waals surface area contributed by atoms with Gasteiger partial charge in [0.15, 0.2) is 5.12 Å². The molecule has 0 radical (unpaired) electrons. The molecule has 2 amide bonds. The van der Waals surface area contributed by atoms with E-state index in [0.717, 1.165) is 23.7 Å². The molecule has 10 heteroatoms. The maximum absolute atomic E-state index is 12.7. The standard InChI is InChI=1S/C22H34N6O3S/c1-13(2)11-16-7-9-17(10-8-16)14(3)20(31)32-12-18(25-15(4)29)19(30)26-21(23)27-22(24)28(5)6/h7-10,13-14,18H,11-12H2,1-6H3,(H,25,29)(H4,23,24,26,27,30). The van der Waals surface area contributed by atoms with Crippen molar-refractivity contribution in [2.75, 3.05) is 19.8 Å². The number of amides is 2. The lowest BCUT2D eigenvalue weighted by Gasteiger charge is -2.18. The molecule has 9 nitrogen and oxygen atoms in total. The number of rotatable bonds is 8. The number of benzene rings is 1. The summed E-state index contributed by atoms with van der Waals surface area (Å²) in [6.07, 6.45) is 0.977. The summed E-state index contributed by atoms with van der Waals surface area (Å²) in [6.45, 7) is 7.42. The molecule has 0 aliphatic rings. The summed E-state index contributed by atoms with van der Waals surface area (Å²) in [7, 11) is 3.23. The average Bonchev–Trinajstić information content (AvgIpc) is 2.69. The highest BCUT2D eigenvalue weighted by Crippen LogP contribution is 2.23. The van der Waals surface area contributed by atoms with Crippen LogP contribution in [0.5, 0.6) is 0 Å². The topological polar surface area (TPSA) is 141 Å². The Labute approximate surface area is 194 Å². The third-order valence-corrected chi connectivity index (χ3v) is 5.60. The van der Waals surface area contributed by atoms with E-state index in [1.807, 2.05) is 31.2 Å². The second kappa shape index (κ2) is 12.8. The zero-order valence-corrected chi connectivity index (χ0v) is 20.4. The number of aliphatic imine (C=N–C) groups is 1. The number of hydrogen-bond donors (Lipinski definition) is 4. The van der Waals surface area contributed by atoms with Crippen LogP contribution in [0.4, 0.5) is 0 Å². The molecule has 1 aromatic carbocycles. The van der Waals surface area contributed by atoms with Gasteiger partial charge in [-0.2, -0.15) is 4.99 Å². The molecule has 0 bridgehead atoms. The lowest BCUT2D eigenvalue weighted by atomic mass is 9.97. The van der Waals surface area contributed by atoms with Crippen LogP contribution in [0.2, 0.25) is 0 Å². The van der Waals surface area contributed by atoms with E-state index in [2.05, 4.69) is 29.5 Å². The normalized spacial score (nSPS) is 13.3. The second-order valence-corrected chi connectivity index (χ2v) is 9.17. The minimum absolute atomic E-state index is 0.0401. The quantitative estimate of drug-likeness (QED) is 0.342. The average molecular weight is 463 g/mol. The van der Waals surface area contributed by atoms with Gasteiger partial charge < -0.3 is 16.0 Å². The first-order valence-corrected chi connectivity index (χ1v) is 11.3. The maximum Gasteiger partial charge on any atom is 0.250 e. The van der Waals surface area contributed by atoms with E-state index < -0.39 is 17.9 Å². The van der Waals surface area contributed by atoms with Crippen molar-refractivity contribution in [2.24, 2.45) is 16.6 Å². The van der Waals surface area contributed by atoms with Gasteiger partial charge in [0.05, 0.1) is 5.92 Å². The van der Waals surface area contributed by atoms with Crippen molar-refractivity contribution in [1.82, 2.24) is 15.5 Å². The van der Waals surface area contributed by atoms with Gasteiger partial charge in [-0.05, 0) is 23.5 Å². The molecule has 2 atom stereocenters. The number of carbonyl (C=O) groups excluding carboxylic acids is 3. The minimum atomic E-state index is -0.982. The van der Waals surface area contributed by atoms with Crippen molar-refractivity contribution >= 4 is 40.6 Å². The largest absolute Gasteiger partial charge is 0.369 e. The Morgan fingerprint density at radius 1 is 1.16 bits per heavy atom. The van der Waals surface area contributed by atoms with Crippen molar-refractivity contribution in [3.8, 4) is 0 Å². The van der Waals surface area contributed by atoms with Crippen LogP contribution in [0.3, 0.4) is 0 Å². The van der Waals surface area contributed by atoms with E-state index in [1.54, 1.807) is 14.1 Å². The molecule has 0 saturated heterocycles. The highest BCUT2D eigenvalue weighted by Gasteiger charge is 2.24. The fourth-order valence-electron chi connectivity index (χ4n) is 2.72. The van der Waals surface area contributed by atoms with Crippen LogP contribution in [-0.4, -0.2) is 59.6 Å². The lowest BCUT2D eigenvalue weighted by molar-refractivity contribution is -0.126. The molecule has 176 valence electrons. The number of carbonyl (C=O) groups is 3. The summed E-state index contributed by atoms with van der Waals surface area (Å²) in [5.41, 5.74) is 7.79. The summed E-state index contributed by atoms with van der Waals surface area (Å²) in [5, 5.41) is 12.4. The number of hydrogen-bond acceptors (Lipinski definition) is 5. The molecule has 2 unspecified atom stereocenters. The van der Waals surface area contributed by atoms with Crippen LogP contribution < -0.4 is 16.4 Å². The van der Waals surface area contributed by atoms with Gasteiger partial charge in [0.1, 0.15) is 6.04 Å². The molecule has 1 aromatic rings. The Kier molecular flexibility index (Phi) is 10.9. The highest BCUT2D eigenvalue weighted by atomic mass is 32.2. The van der Waals surface area contributed by atoms with Gasteiger partial charge in [0.2, 0.25) is 23.7 Å². The Morgan fingerprint density at radius 3 is 2.25 bits per heavy atom. The monoisotopic (exact) mass is 462 g/mol. The van der Waals surface area contributed by atoms with Crippen molar-refractivity contribution in [3.05, 3.63) is 35.4 Å². The molecule has 32 heavy (non-hydrogen) atoms. The fraction of sp³-hybridized carbons (Fsp3) is 0.500. The van der Waals surface area contributed by atoms with Gasteiger partial charge in [-0.15, -0.1) is 0 Å². The summed E-state index contributed by atoms with van der Waals surface area (Å²) in [5.74, 6) is -1.20. The molecule has 0 saturated carbocycles. The van der Waals surface area contributed by atoms with Gasteiger partial charge in [-0.25, -0.2) is 0 Å². The Balaban J connectivity index is 2.77. The molecule has 0 fully saturated rings. The van der Waals surface area contributed by atoms with Crippen LogP contribution in [0.25, 0.3) is 0 Å². The summed E-state index contributed by atoms with van der Waals surface area (Å²) in [4.78, 5) is 41.9. The third-order valence-electron chi connectivity index (χ3n) is 4.46. The number of nitrogens with zero attached hydrogens (tertiary/aromatic N) is 2. The summed E-state index contributed by atoms with van der Waals surface area (Å²) in [6, 6.07) is 6.99. The predicted molar refractivity (Wildman–Crippen MR) is 130 cm³/mol. The van der Waals surface area contributed by atoms with Crippen LogP contribution in [0, 0.1) is 11.3 Å². The third kappa shape index (κ3) is 9.51. The SMILES string of the molecule is CC(=O)NC(CSC(=O)C(C)c1ccc(CC(C)C)cc1)C(=O)N/C(N)=N/C(=N)N(C)C. The number of guanidine groups is 2. The van der Waals surface area contributed by atoms with Gasteiger partial charge in [0, 0.05) is 26.8 Å². The minimum Gasteiger partial charge on any atom is -0.369 e. The molecule has 0 aliphatic carbocycles. The maximum atomic E-state index is 12.7. The molecular weight excluding hydrogens is 428 g/mol. The van der Waals surface area contributed by atoms with E-state index in [0.29, 0.717) is 5.92 Å². The lowest BCUT2D eigenvalue weighted by Crippen LogP contribution is -2.51. The fourth-order valence-corrected chi connectivity index (χ4v) is 3.68. The van der Waals surface area contributed by atoms with Gasteiger partial charge >= 0.3 is 0 Å². The smallest absolute Gasteiger partial charge is 0.250 e. The molecular formula is C22H34N6O3S. The van der Waals surface area contributed by atoms with Crippen molar-refractivity contribution in [2.45, 2.75) is 46.1 Å². The van der Waals surface area contributed by atoms with Crippen molar-refractivity contribution < 1.29 is 14.4 Å². The zero-order valence-electron chi connectivity index (χ0n) is 19.6. The van der Waals surface area contributed by atoms with Crippen LogP contribution in [0.1, 0.15) is 44.7 Å². The van der Waals surface area contributed by atoms with E-state index in [9.17, 15) is 14.4 Å². The molecule has 0 aliphatic heterocycles. The van der Waals surface area contributed by atoms with Crippen molar-refractivity contribution in [3.63, 3.8) is 0 Å². The summed E-state index contributed by atoms with van der Waals surface area (Å²) >= 11 is 0.973. The van der Waals surface area contributed by atoms with Crippen LogP contribution in [-0.2, 0) is 20.8 Å². The van der Waals surface area contributed by atoms with Gasteiger partial charge in [-0.1, -0.05) is 56.8 Å². The molecule has 0 spiro atoms. The zero-order chi connectivity index (χ0) is 24.4. The van der Waals surface area contributed by atoms with E-state index in [1.165, 1.54) is 17.4 Å². The first-order chi connectivity index (χ1) is 14.9. The van der Waals surface area contributed by atoms with Crippen molar-refractivity contribution in [1.29, 1.82) is 5.41 Å². The first kappa shape index (κ1) is 27.2. The van der Waals surface area contributed by atoms with E-state index >= 15 is 0 Å². The van der Waals surface area contributed by atoms with Crippen LogP contribution >= 0.6 is 11.8 Å². The molecule has 0 aromatic heterocycles. The van der Waals surface area contributed by atoms with Gasteiger partial charge in [-0.3, -0.25) is 25.1 Å².